The van der Waals surface area contributed by atoms with Crippen molar-refractivity contribution in [1.82, 2.24) is 14.9 Å². The number of carbonyl (C=O) groups excluding carboxylic acids is 1. The lowest BCUT2D eigenvalue weighted by Crippen LogP contribution is -2.36. The Balaban J connectivity index is 1.86. The maximum atomic E-state index is 12.3. The SMILES string of the molecule is O=C(O)c1[nH]cnc1C(=O)N1CCc2sccc2C1. The van der Waals surface area contributed by atoms with Gasteiger partial charge in [0.1, 0.15) is 0 Å². The third kappa shape index (κ3) is 2.01. The number of aromatic nitrogens is 2. The Morgan fingerprint density at radius 3 is 3.11 bits per heavy atom. The molecule has 3 heterocycles. The number of carboxylic acids is 1. The lowest BCUT2D eigenvalue weighted by atomic mass is 10.1. The van der Waals surface area contributed by atoms with Crippen molar-refractivity contribution < 1.29 is 14.7 Å². The Hall–Kier alpha value is -2.15. The summed E-state index contributed by atoms with van der Waals surface area (Å²) in [6, 6.07) is 2.00. The van der Waals surface area contributed by atoms with Crippen LogP contribution >= 0.6 is 11.3 Å². The zero-order valence-corrected chi connectivity index (χ0v) is 10.7. The van der Waals surface area contributed by atoms with Crippen LogP contribution in [0.15, 0.2) is 17.8 Å². The normalized spacial score (nSPS) is 14.2. The van der Waals surface area contributed by atoms with Crippen LogP contribution in [0.5, 0.6) is 0 Å². The molecule has 2 aromatic rings. The second-order valence-electron chi connectivity index (χ2n) is 4.28. The Bertz CT molecular complexity index is 646. The van der Waals surface area contributed by atoms with E-state index in [0.29, 0.717) is 13.1 Å². The minimum Gasteiger partial charge on any atom is -0.477 e. The molecule has 1 aliphatic heterocycles. The number of H-pyrrole nitrogens is 1. The molecule has 98 valence electrons. The highest BCUT2D eigenvalue weighted by atomic mass is 32.1. The number of thiophene rings is 1. The van der Waals surface area contributed by atoms with Crippen LogP contribution in [0.3, 0.4) is 0 Å². The van der Waals surface area contributed by atoms with Crippen molar-refractivity contribution in [3.8, 4) is 0 Å². The van der Waals surface area contributed by atoms with E-state index >= 15 is 0 Å². The van der Waals surface area contributed by atoms with E-state index in [4.69, 9.17) is 5.11 Å². The van der Waals surface area contributed by atoms with Gasteiger partial charge < -0.3 is 15.0 Å². The van der Waals surface area contributed by atoms with Crippen LogP contribution in [0, 0.1) is 0 Å². The molecular weight excluding hydrogens is 266 g/mol. The molecule has 7 heteroatoms. The maximum absolute atomic E-state index is 12.3. The monoisotopic (exact) mass is 277 g/mol. The van der Waals surface area contributed by atoms with Crippen LogP contribution in [0.25, 0.3) is 0 Å². The van der Waals surface area contributed by atoms with Crippen LogP contribution in [-0.4, -0.2) is 38.4 Å². The highest BCUT2D eigenvalue weighted by Crippen LogP contribution is 2.25. The van der Waals surface area contributed by atoms with Crippen molar-refractivity contribution in [2.24, 2.45) is 0 Å². The molecule has 0 aliphatic carbocycles. The van der Waals surface area contributed by atoms with Gasteiger partial charge in [-0.1, -0.05) is 0 Å². The van der Waals surface area contributed by atoms with Gasteiger partial charge in [0.2, 0.25) is 0 Å². The first-order valence-corrected chi connectivity index (χ1v) is 6.66. The average molecular weight is 277 g/mol. The van der Waals surface area contributed by atoms with Gasteiger partial charge in [0.15, 0.2) is 11.4 Å². The van der Waals surface area contributed by atoms with Gasteiger partial charge in [-0.05, 0) is 23.4 Å². The summed E-state index contributed by atoms with van der Waals surface area (Å²) >= 11 is 1.69. The number of aromatic carboxylic acids is 1. The Morgan fingerprint density at radius 1 is 1.47 bits per heavy atom. The summed E-state index contributed by atoms with van der Waals surface area (Å²) in [6.45, 7) is 1.11. The molecular formula is C12H11N3O3S. The number of hydrogen-bond acceptors (Lipinski definition) is 4. The van der Waals surface area contributed by atoms with E-state index in [2.05, 4.69) is 9.97 Å². The summed E-state index contributed by atoms with van der Waals surface area (Å²) in [7, 11) is 0. The number of carboxylic acid groups (broad SMARTS) is 1. The highest BCUT2D eigenvalue weighted by molar-refractivity contribution is 7.10. The zero-order valence-electron chi connectivity index (χ0n) is 9.92. The molecule has 2 N–H and O–H groups in total. The van der Waals surface area contributed by atoms with Gasteiger partial charge in [0.25, 0.3) is 5.91 Å². The predicted octanol–water partition coefficient (Wildman–Crippen LogP) is 1.37. The molecule has 0 fully saturated rings. The molecule has 3 rings (SSSR count). The first-order valence-electron chi connectivity index (χ1n) is 5.78. The van der Waals surface area contributed by atoms with Crippen molar-refractivity contribution >= 4 is 23.2 Å². The fourth-order valence-corrected chi connectivity index (χ4v) is 3.08. The van der Waals surface area contributed by atoms with Crippen LogP contribution in [0.2, 0.25) is 0 Å². The summed E-state index contributed by atoms with van der Waals surface area (Å²) in [5.74, 6) is -1.51. The molecule has 0 radical (unpaired) electrons. The second kappa shape index (κ2) is 4.51. The van der Waals surface area contributed by atoms with Crippen LogP contribution < -0.4 is 0 Å². The third-order valence-electron chi connectivity index (χ3n) is 3.15. The van der Waals surface area contributed by atoms with Crippen LogP contribution in [0.1, 0.15) is 31.4 Å². The fraction of sp³-hybridized carbons (Fsp3) is 0.250. The second-order valence-corrected chi connectivity index (χ2v) is 5.28. The number of fused-ring (bicyclic) bond motifs is 1. The van der Waals surface area contributed by atoms with Crippen molar-refractivity contribution in [3.05, 3.63) is 39.6 Å². The Morgan fingerprint density at radius 2 is 2.32 bits per heavy atom. The molecule has 1 aliphatic rings. The lowest BCUT2D eigenvalue weighted by Gasteiger charge is -2.26. The summed E-state index contributed by atoms with van der Waals surface area (Å²) in [5.41, 5.74) is 0.962. The molecule has 0 unspecified atom stereocenters. The summed E-state index contributed by atoms with van der Waals surface area (Å²) in [4.78, 5) is 32.5. The van der Waals surface area contributed by atoms with Gasteiger partial charge in [-0.3, -0.25) is 4.79 Å². The number of hydrogen-bond donors (Lipinski definition) is 2. The largest absolute Gasteiger partial charge is 0.477 e. The van der Waals surface area contributed by atoms with E-state index in [1.807, 2.05) is 11.4 Å². The molecule has 0 saturated heterocycles. The van der Waals surface area contributed by atoms with E-state index in [-0.39, 0.29) is 17.3 Å². The van der Waals surface area contributed by atoms with Crippen molar-refractivity contribution in [2.45, 2.75) is 13.0 Å². The fourth-order valence-electron chi connectivity index (χ4n) is 2.19. The summed E-state index contributed by atoms with van der Waals surface area (Å²) < 4.78 is 0. The van der Waals surface area contributed by atoms with Crippen LogP contribution in [0.4, 0.5) is 0 Å². The molecule has 0 atom stereocenters. The van der Waals surface area contributed by atoms with E-state index in [9.17, 15) is 9.59 Å². The molecule has 0 bridgehead atoms. The topological polar surface area (TPSA) is 86.3 Å². The van der Waals surface area contributed by atoms with E-state index in [1.165, 1.54) is 11.2 Å². The minimum absolute atomic E-state index is 0.0221. The first-order chi connectivity index (χ1) is 9.16. The molecule has 0 aromatic carbocycles. The number of nitrogens with zero attached hydrogens (tertiary/aromatic N) is 2. The smallest absolute Gasteiger partial charge is 0.354 e. The molecule has 19 heavy (non-hydrogen) atoms. The Kier molecular flexibility index (Phi) is 2.83. The summed E-state index contributed by atoms with van der Waals surface area (Å²) in [5, 5.41) is 11.0. The van der Waals surface area contributed by atoms with Crippen molar-refractivity contribution in [2.75, 3.05) is 6.54 Å². The number of rotatable bonds is 2. The summed E-state index contributed by atoms with van der Waals surface area (Å²) in [6.07, 6.45) is 2.04. The number of imidazole rings is 1. The van der Waals surface area contributed by atoms with E-state index in [0.717, 1.165) is 12.0 Å². The molecule has 0 saturated carbocycles. The Labute approximate surface area is 112 Å². The number of amides is 1. The van der Waals surface area contributed by atoms with Crippen molar-refractivity contribution in [1.29, 1.82) is 0 Å². The first kappa shape index (κ1) is 11.9. The molecule has 0 spiro atoms. The molecule has 1 amide bonds. The van der Waals surface area contributed by atoms with E-state index < -0.39 is 5.97 Å². The number of nitrogens with one attached hydrogen (secondary N) is 1. The van der Waals surface area contributed by atoms with Gasteiger partial charge in [0, 0.05) is 18.0 Å². The lowest BCUT2D eigenvalue weighted by molar-refractivity contribution is 0.0663. The third-order valence-corrected chi connectivity index (χ3v) is 4.17. The number of aromatic amines is 1. The van der Waals surface area contributed by atoms with E-state index in [1.54, 1.807) is 16.2 Å². The maximum Gasteiger partial charge on any atom is 0.354 e. The van der Waals surface area contributed by atoms with Gasteiger partial charge in [0.05, 0.1) is 6.33 Å². The van der Waals surface area contributed by atoms with Gasteiger partial charge >= 0.3 is 5.97 Å². The van der Waals surface area contributed by atoms with Gasteiger partial charge in [-0.2, -0.15) is 0 Å². The highest BCUT2D eigenvalue weighted by Gasteiger charge is 2.27. The van der Waals surface area contributed by atoms with Crippen molar-refractivity contribution in [3.63, 3.8) is 0 Å². The molecule has 6 nitrogen and oxygen atoms in total. The minimum atomic E-state index is -1.17. The zero-order chi connectivity index (χ0) is 13.4. The average Bonchev–Trinajstić information content (AvgIpc) is 3.05. The predicted molar refractivity (Wildman–Crippen MR) is 68.3 cm³/mol. The quantitative estimate of drug-likeness (QED) is 0.868. The number of carbonyl (C=O) groups is 2. The van der Waals surface area contributed by atoms with Gasteiger partial charge in [-0.15, -0.1) is 11.3 Å². The van der Waals surface area contributed by atoms with Gasteiger partial charge in [-0.25, -0.2) is 9.78 Å². The van der Waals surface area contributed by atoms with Crippen LogP contribution in [-0.2, 0) is 13.0 Å². The standard InChI is InChI=1S/C12H11N3O3S/c16-11(9-10(12(17)18)14-6-13-9)15-3-1-8-7(5-15)2-4-19-8/h2,4,6H,1,3,5H2,(H,13,14)(H,17,18). The molecule has 2 aromatic heterocycles.